The minimum Gasteiger partial charge on any atom is -0.488 e. The Hall–Kier alpha value is -1.85. The quantitative estimate of drug-likeness (QED) is 0.742. The van der Waals surface area contributed by atoms with E-state index in [1.165, 1.54) is 30.0 Å². The molecule has 4 rings (SSSR count). The zero-order chi connectivity index (χ0) is 19.7. The van der Waals surface area contributed by atoms with Gasteiger partial charge in [0.05, 0.1) is 4.88 Å². The van der Waals surface area contributed by atoms with Crippen molar-refractivity contribution in [2.75, 3.05) is 26.2 Å². The summed E-state index contributed by atoms with van der Waals surface area (Å²) >= 11 is 1.58. The van der Waals surface area contributed by atoms with Gasteiger partial charge in [-0.3, -0.25) is 4.79 Å². The first kappa shape index (κ1) is 19.5. The molecule has 2 aromatic rings. The van der Waals surface area contributed by atoms with Crippen LogP contribution >= 0.6 is 11.3 Å². The van der Waals surface area contributed by atoms with Crippen LogP contribution in [0.15, 0.2) is 24.3 Å². The van der Waals surface area contributed by atoms with E-state index < -0.39 is 0 Å². The standard InChI is InChI=1S/C23H30N2O2S/c1-15-10-16(2)13-25(12-15)9-5-8-24-23(26)20-11-18-14-27-19-7-4-6-17(3)21(19)22(18)28-20/h4,6-7,11,15-16H,5,8-10,12-14H2,1-3H3,(H,24,26). The molecule has 0 saturated carbocycles. The first-order valence-electron chi connectivity index (χ1n) is 10.4. The van der Waals surface area contributed by atoms with Crippen molar-refractivity contribution in [3.63, 3.8) is 0 Å². The van der Waals surface area contributed by atoms with Crippen LogP contribution in [-0.4, -0.2) is 37.0 Å². The molecular formula is C23H30N2O2S. The summed E-state index contributed by atoms with van der Waals surface area (Å²) in [5.74, 6) is 2.52. The summed E-state index contributed by atoms with van der Waals surface area (Å²) in [5.41, 5.74) is 3.45. The number of nitrogens with one attached hydrogen (secondary N) is 1. The van der Waals surface area contributed by atoms with Crippen LogP contribution < -0.4 is 10.1 Å². The second kappa shape index (κ2) is 8.26. The van der Waals surface area contributed by atoms with Gasteiger partial charge in [0, 0.05) is 35.6 Å². The van der Waals surface area contributed by atoms with Gasteiger partial charge >= 0.3 is 0 Å². The van der Waals surface area contributed by atoms with Gasteiger partial charge in [-0.05, 0) is 55.8 Å². The summed E-state index contributed by atoms with van der Waals surface area (Å²) in [7, 11) is 0. The van der Waals surface area contributed by atoms with Crippen molar-refractivity contribution in [3.05, 3.63) is 40.3 Å². The number of fused-ring (bicyclic) bond motifs is 3. The highest BCUT2D eigenvalue weighted by Crippen LogP contribution is 2.44. The fourth-order valence-corrected chi connectivity index (χ4v) is 5.83. The molecule has 5 heteroatoms. The minimum absolute atomic E-state index is 0.0370. The number of carbonyl (C=O) groups is 1. The number of aryl methyl sites for hydroxylation is 1. The number of carbonyl (C=O) groups excluding carboxylic acids is 1. The molecule has 4 nitrogen and oxygen atoms in total. The molecule has 1 amide bonds. The molecule has 0 aliphatic carbocycles. The maximum absolute atomic E-state index is 12.7. The number of nitrogens with zero attached hydrogens (tertiary/aromatic N) is 1. The van der Waals surface area contributed by atoms with E-state index in [-0.39, 0.29) is 5.91 Å². The highest BCUT2D eigenvalue weighted by atomic mass is 32.1. The van der Waals surface area contributed by atoms with Crippen molar-refractivity contribution < 1.29 is 9.53 Å². The fraction of sp³-hybridized carbons (Fsp3) is 0.522. The van der Waals surface area contributed by atoms with E-state index in [2.05, 4.69) is 37.1 Å². The largest absolute Gasteiger partial charge is 0.488 e. The van der Waals surface area contributed by atoms with Crippen LogP contribution in [-0.2, 0) is 6.61 Å². The Labute approximate surface area is 171 Å². The van der Waals surface area contributed by atoms with Gasteiger partial charge in [0.1, 0.15) is 12.4 Å². The number of likely N-dealkylation sites (tertiary alicyclic amines) is 1. The van der Waals surface area contributed by atoms with Gasteiger partial charge < -0.3 is 15.0 Å². The van der Waals surface area contributed by atoms with Crippen molar-refractivity contribution in [1.29, 1.82) is 0 Å². The third kappa shape index (κ3) is 4.11. The number of amides is 1. The average molecular weight is 399 g/mol. The number of thiophene rings is 1. The van der Waals surface area contributed by atoms with Gasteiger partial charge in [0.25, 0.3) is 5.91 Å². The molecule has 0 radical (unpaired) electrons. The zero-order valence-electron chi connectivity index (χ0n) is 17.1. The van der Waals surface area contributed by atoms with Crippen LogP contribution in [0, 0.1) is 18.8 Å². The smallest absolute Gasteiger partial charge is 0.261 e. The topological polar surface area (TPSA) is 41.6 Å². The van der Waals surface area contributed by atoms with Crippen molar-refractivity contribution in [3.8, 4) is 16.2 Å². The monoisotopic (exact) mass is 398 g/mol. The number of hydrogen-bond acceptors (Lipinski definition) is 4. The summed E-state index contributed by atoms with van der Waals surface area (Å²) in [4.78, 5) is 17.2. The number of hydrogen-bond donors (Lipinski definition) is 1. The van der Waals surface area contributed by atoms with E-state index in [1.807, 2.05) is 18.2 Å². The summed E-state index contributed by atoms with van der Waals surface area (Å²) in [5, 5.41) is 3.11. The Bertz CT molecular complexity index is 850. The van der Waals surface area contributed by atoms with Crippen molar-refractivity contribution in [2.45, 2.75) is 40.2 Å². The molecule has 1 aromatic heterocycles. The average Bonchev–Trinajstić information content (AvgIpc) is 3.09. The molecule has 0 spiro atoms. The highest BCUT2D eigenvalue weighted by molar-refractivity contribution is 7.17. The molecule has 2 aliphatic rings. The normalized spacial score (nSPS) is 21.5. The molecule has 28 heavy (non-hydrogen) atoms. The Morgan fingerprint density at radius 1 is 1.29 bits per heavy atom. The Morgan fingerprint density at radius 3 is 2.86 bits per heavy atom. The maximum atomic E-state index is 12.7. The summed E-state index contributed by atoms with van der Waals surface area (Å²) in [6, 6.07) is 8.12. The van der Waals surface area contributed by atoms with Crippen molar-refractivity contribution in [2.24, 2.45) is 11.8 Å². The van der Waals surface area contributed by atoms with Crippen LogP contribution in [0.2, 0.25) is 0 Å². The molecular weight excluding hydrogens is 368 g/mol. The predicted molar refractivity (Wildman–Crippen MR) is 115 cm³/mol. The first-order chi connectivity index (χ1) is 13.5. The Morgan fingerprint density at radius 2 is 2.07 bits per heavy atom. The van der Waals surface area contributed by atoms with Crippen LogP contribution in [0.5, 0.6) is 5.75 Å². The molecule has 2 atom stereocenters. The number of ether oxygens (including phenoxy) is 1. The molecule has 1 N–H and O–H groups in total. The Balaban J connectivity index is 1.34. The summed E-state index contributed by atoms with van der Waals surface area (Å²) < 4.78 is 5.88. The fourth-order valence-electron chi connectivity index (χ4n) is 4.63. The molecule has 1 fully saturated rings. The van der Waals surface area contributed by atoms with Crippen molar-refractivity contribution in [1.82, 2.24) is 10.2 Å². The number of rotatable bonds is 5. The molecule has 0 bridgehead atoms. The maximum Gasteiger partial charge on any atom is 0.261 e. The van der Waals surface area contributed by atoms with Crippen LogP contribution in [0.3, 0.4) is 0 Å². The minimum atomic E-state index is 0.0370. The van der Waals surface area contributed by atoms with E-state index in [1.54, 1.807) is 11.3 Å². The molecule has 1 aromatic carbocycles. The van der Waals surface area contributed by atoms with Crippen LogP contribution in [0.1, 0.15) is 47.5 Å². The van der Waals surface area contributed by atoms with E-state index in [0.29, 0.717) is 6.61 Å². The van der Waals surface area contributed by atoms with Gasteiger partial charge in [0.2, 0.25) is 0 Å². The van der Waals surface area contributed by atoms with Crippen LogP contribution in [0.25, 0.3) is 10.4 Å². The number of benzene rings is 1. The first-order valence-corrected chi connectivity index (χ1v) is 11.2. The van der Waals surface area contributed by atoms with Gasteiger partial charge in [-0.15, -0.1) is 11.3 Å². The van der Waals surface area contributed by atoms with Crippen molar-refractivity contribution >= 4 is 17.2 Å². The third-order valence-electron chi connectivity index (χ3n) is 5.76. The molecule has 150 valence electrons. The van der Waals surface area contributed by atoms with Crippen LogP contribution in [0.4, 0.5) is 0 Å². The van der Waals surface area contributed by atoms with Gasteiger partial charge in [-0.2, -0.15) is 0 Å². The van der Waals surface area contributed by atoms with Gasteiger partial charge in [0.15, 0.2) is 0 Å². The third-order valence-corrected chi connectivity index (χ3v) is 6.95. The number of piperidine rings is 1. The lowest BCUT2D eigenvalue weighted by atomic mass is 9.92. The highest BCUT2D eigenvalue weighted by Gasteiger charge is 2.24. The van der Waals surface area contributed by atoms with E-state index in [9.17, 15) is 4.79 Å². The Kier molecular flexibility index (Phi) is 5.74. The lowest BCUT2D eigenvalue weighted by Crippen LogP contribution is -2.40. The molecule has 2 aliphatic heterocycles. The second-order valence-electron chi connectivity index (χ2n) is 8.52. The summed E-state index contributed by atoms with van der Waals surface area (Å²) in [6.07, 6.45) is 2.34. The SMILES string of the molecule is Cc1cccc2c1-c1sc(C(=O)NCCCN3CC(C)CC(C)C3)cc1CO2. The van der Waals surface area contributed by atoms with E-state index in [0.717, 1.165) is 53.1 Å². The lowest BCUT2D eigenvalue weighted by molar-refractivity contribution is 0.0951. The van der Waals surface area contributed by atoms with Gasteiger partial charge in [-0.1, -0.05) is 26.0 Å². The predicted octanol–water partition coefficient (Wildman–Crippen LogP) is 4.71. The second-order valence-corrected chi connectivity index (χ2v) is 9.57. The lowest BCUT2D eigenvalue weighted by Gasteiger charge is -2.34. The van der Waals surface area contributed by atoms with E-state index >= 15 is 0 Å². The van der Waals surface area contributed by atoms with Gasteiger partial charge in [-0.25, -0.2) is 0 Å². The van der Waals surface area contributed by atoms with E-state index in [4.69, 9.17) is 4.74 Å². The molecule has 3 heterocycles. The summed E-state index contributed by atoms with van der Waals surface area (Å²) in [6.45, 7) is 11.5. The molecule has 1 saturated heterocycles. The molecule has 2 unspecified atom stereocenters. The zero-order valence-corrected chi connectivity index (χ0v) is 17.9.